The minimum atomic E-state index is -4.06. The third-order valence-corrected chi connectivity index (χ3v) is 4.68. The van der Waals surface area contributed by atoms with Gasteiger partial charge in [0.15, 0.2) is 0 Å². The predicted octanol–water partition coefficient (Wildman–Crippen LogP) is 3.29. The van der Waals surface area contributed by atoms with Crippen LogP contribution < -0.4 is 5.32 Å². The van der Waals surface area contributed by atoms with Crippen molar-refractivity contribution < 1.29 is 13.2 Å². The van der Waals surface area contributed by atoms with E-state index in [1.54, 1.807) is 0 Å². The first-order valence-electron chi connectivity index (χ1n) is 7.92. The van der Waals surface area contributed by atoms with Gasteiger partial charge in [0.05, 0.1) is 6.54 Å². The summed E-state index contributed by atoms with van der Waals surface area (Å²) in [5, 5.41) is 3.49. The van der Waals surface area contributed by atoms with Gasteiger partial charge < -0.3 is 5.32 Å². The summed E-state index contributed by atoms with van der Waals surface area (Å²) in [6, 6.07) is 0. The second-order valence-corrected chi connectivity index (χ2v) is 6.80. The van der Waals surface area contributed by atoms with E-state index in [1.165, 1.54) is 30.6 Å². The molecular weight excluding hydrogens is 265 g/mol. The second-order valence-electron chi connectivity index (χ2n) is 6.80. The number of hydrogen-bond donors (Lipinski definition) is 1. The second kappa shape index (κ2) is 7.12. The highest BCUT2D eigenvalue weighted by molar-refractivity contribution is 4.80. The average molecular weight is 292 g/mol. The van der Waals surface area contributed by atoms with Crippen molar-refractivity contribution in [3.63, 3.8) is 0 Å². The lowest BCUT2D eigenvalue weighted by atomic mass is 9.82. The fourth-order valence-corrected chi connectivity index (χ4v) is 3.71. The van der Waals surface area contributed by atoms with E-state index < -0.39 is 12.7 Å². The van der Waals surface area contributed by atoms with Crippen molar-refractivity contribution in [3.05, 3.63) is 0 Å². The molecule has 5 heteroatoms. The first-order valence-corrected chi connectivity index (χ1v) is 7.92. The molecular formula is C15H27F3N2. The zero-order valence-corrected chi connectivity index (χ0v) is 12.4. The molecule has 1 heterocycles. The molecule has 1 aliphatic heterocycles. The van der Waals surface area contributed by atoms with Crippen molar-refractivity contribution in [1.82, 2.24) is 10.2 Å². The Morgan fingerprint density at radius 1 is 1.10 bits per heavy atom. The molecule has 0 bridgehead atoms. The number of rotatable bonds is 5. The zero-order valence-electron chi connectivity index (χ0n) is 12.4. The molecule has 2 rings (SSSR count). The number of nitrogens with one attached hydrogen (secondary N) is 1. The van der Waals surface area contributed by atoms with Gasteiger partial charge in [-0.15, -0.1) is 0 Å². The molecule has 0 radical (unpaired) electrons. The van der Waals surface area contributed by atoms with Crippen molar-refractivity contribution in [2.75, 3.05) is 32.7 Å². The summed E-state index contributed by atoms with van der Waals surface area (Å²) in [5.41, 5.74) is 0. The van der Waals surface area contributed by atoms with Gasteiger partial charge >= 0.3 is 6.18 Å². The van der Waals surface area contributed by atoms with Crippen LogP contribution in [0.2, 0.25) is 0 Å². The summed E-state index contributed by atoms with van der Waals surface area (Å²) in [5.74, 6) is 1.99. The number of alkyl halides is 3. The lowest BCUT2D eigenvalue weighted by molar-refractivity contribution is -0.143. The van der Waals surface area contributed by atoms with E-state index in [-0.39, 0.29) is 0 Å². The summed E-state index contributed by atoms with van der Waals surface area (Å²) >= 11 is 0. The quantitative estimate of drug-likeness (QED) is 0.836. The molecule has 3 unspecified atom stereocenters. The van der Waals surface area contributed by atoms with Crippen molar-refractivity contribution in [2.24, 2.45) is 17.8 Å². The first-order chi connectivity index (χ1) is 9.42. The van der Waals surface area contributed by atoms with Gasteiger partial charge in [0.25, 0.3) is 0 Å². The van der Waals surface area contributed by atoms with Gasteiger partial charge in [-0.1, -0.05) is 19.8 Å². The fourth-order valence-electron chi connectivity index (χ4n) is 3.71. The monoisotopic (exact) mass is 292 g/mol. The Morgan fingerprint density at radius 2 is 1.85 bits per heavy atom. The van der Waals surface area contributed by atoms with Gasteiger partial charge in [-0.25, -0.2) is 0 Å². The van der Waals surface area contributed by atoms with Crippen LogP contribution in [0.3, 0.4) is 0 Å². The van der Waals surface area contributed by atoms with Crippen molar-refractivity contribution in [3.8, 4) is 0 Å². The Balaban J connectivity index is 1.59. The van der Waals surface area contributed by atoms with E-state index in [4.69, 9.17) is 0 Å². The molecule has 2 nitrogen and oxygen atoms in total. The highest BCUT2D eigenvalue weighted by atomic mass is 19.4. The molecule has 0 spiro atoms. The summed E-state index contributed by atoms with van der Waals surface area (Å²) in [6.07, 6.45) is 2.13. The molecule has 1 N–H and O–H groups in total. The van der Waals surface area contributed by atoms with Crippen molar-refractivity contribution in [2.45, 2.75) is 45.2 Å². The van der Waals surface area contributed by atoms with Crippen LogP contribution in [0.15, 0.2) is 0 Å². The van der Waals surface area contributed by atoms with Gasteiger partial charge in [0.2, 0.25) is 0 Å². The van der Waals surface area contributed by atoms with E-state index in [0.29, 0.717) is 19.0 Å². The van der Waals surface area contributed by atoms with Crippen molar-refractivity contribution >= 4 is 0 Å². The van der Waals surface area contributed by atoms with Crippen molar-refractivity contribution in [1.29, 1.82) is 0 Å². The van der Waals surface area contributed by atoms with Crippen LogP contribution in [0.1, 0.15) is 39.0 Å². The molecule has 0 amide bonds. The fraction of sp³-hybridized carbons (Fsp3) is 1.00. The standard InChI is InChI=1S/C15H27F3N2/c1-12-3-2-4-13(7-12)8-19-9-14-5-6-20(10-14)11-15(16,17)18/h12-14,19H,2-11H2,1H3. The number of halogens is 3. The van der Waals surface area contributed by atoms with Crippen LogP contribution in [0.5, 0.6) is 0 Å². The van der Waals surface area contributed by atoms with Gasteiger partial charge in [-0.2, -0.15) is 13.2 Å². The molecule has 2 fully saturated rings. The van der Waals surface area contributed by atoms with E-state index in [1.807, 2.05) is 0 Å². The third kappa shape index (κ3) is 5.60. The Bertz CT molecular complexity index is 293. The summed E-state index contributed by atoms with van der Waals surface area (Å²) in [4.78, 5) is 1.54. The van der Waals surface area contributed by atoms with Crippen LogP contribution in [-0.2, 0) is 0 Å². The number of nitrogens with zero attached hydrogens (tertiary/aromatic N) is 1. The third-order valence-electron chi connectivity index (χ3n) is 4.68. The average Bonchev–Trinajstić information content (AvgIpc) is 2.74. The predicted molar refractivity (Wildman–Crippen MR) is 74.6 cm³/mol. The van der Waals surface area contributed by atoms with Gasteiger partial charge in [0.1, 0.15) is 0 Å². The van der Waals surface area contributed by atoms with Crippen LogP contribution in [0.4, 0.5) is 13.2 Å². The Labute approximate surface area is 120 Å². The maximum Gasteiger partial charge on any atom is 0.401 e. The normalized spacial score (nSPS) is 32.7. The molecule has 2 aliphatic rings. The highest BCUT2D eigenvalue weighted by Gasteiger charge is 2.34. The van der Waals surface area contributed by atoms with Crippen LogP contribution in [0, 0.1) is 17.8 Å². The highest BCUT2D eigenvalue weighted by Crippen LogP contribution is 2.28. The zero-order chi connectivity index (χ0) is 14.6. The summed E-state index contributed by atoms with van der Waals surface area (Å²) in [6.45, 7) is 4.67. The maximum absolute atomic E-state index is 12.3. The Morgan fingerprint density at radius 3 is 2.55 bits per heavy atom. The molecule has 3 atom stereocenters. The first kappa shape index (κ1) is 16.1. The Hall–Kier alpha value is -0.290. The van der Waals surface area contributed by atoms with E-state index in [0.717, 1.165) is 31.3 Å². The SMILES string of the molecule is CC1CCCC(CNCC2CCN(CC(F)(F)F)C2)C1. The van der Waals surface area contributed by atoms with Gasteiger partial charge in [0, 0.05) is 6.54 Å². The topological polar surface area (TPSA) is 15.3 Å². The minimum absolute atomic E-state index is 0.387. The molecule has 20 heavy (non-hydrogen) atoms. The lowest BCUT2D eigenvalue weighted by Gasteiger charge is -2.27. The smallest absolute Gasteiger partial charge is 0.316 e. The number of likely N-dealkylation sites (tertiary alicyclic amines) is 1. The number of hydrogen-bond acceptors (Lipinski definition) is 2. The maximum atomic E-state index is 12.3. The summed E-state index contributed by atoms with van der Waals surface area (Å²) in [7, 11) is 0. The van der Waals surface area contributed by atoms with Crippen LogP contribution in [-0.4, -0.2) is 43.8 Å². The van der Waals surface area contributed by atoms with Gasteiger partial charge in [-0.3, -0.25) is 4.90 Å². The summed E-state index contributed by atoms with van der Waals surface area (Å²) < 4.78 is 36.9. The largest absolute Gasteiger partial charge is 0.401 e. The molecule has 1 aliphatic carbocycles. The Kier molecular flexibility index (Phi) is 5.73. The molecule has 1 saturated carbocycles. The minimum Gasteiger partial charge on any atom is -0.316 e. The van der Waals surface area contributed by atoms with Gasteiger partial charge in [-0.05, 0) is 56.7 Å². The van der Waals surface area contributed by atoms with Crippen LogP contribution in [0.25, 0.3) is 0 Å². The lowest BCUT2D eigenvalue weighted by Crippen LogP contribution is -2.34. The van der Waals surface area contributed by atoms with Crippen LogP contribution >= 0.6 is 0 Å². The van der Waals surface area contributed by atoms with E-state index in [9.17, 15) is 13.2 Å². The molecule has 0 aromatic carbocycles. The molecule has 0 aromatic rings. The molecule has 118 valence electrons. The van der Waals surface area contributed by atoms with E-state index >= 15 is 0 Å². The molecule has 0 aromatic heterocycles. The van der Waals surface area contributed by atoms with E-state index in [2.05, 4.69) is 12.2 Å². The molecule has 1 saturated heterocycles.